The van der Waals surface area contributed by atoms with E-state index in [4.69, 9.17) is 4.98 Å². The fraction of sp³-hybridized carbons (Fsp3) is 0.368. The number of anilines is 1. The predicted octanol–water partition coefficient (Wildman–Crippen LogP) is 3.05. The first-order valence-corrected chi connectivity index (χ1v) is 9.63. The SMILES string of the molecule is Cc1nc(N2CCCC2Cn2nc(-c3cccnc3)ccc2=O)sc1C. The zero-order chi connectivity index (χ0) is 18.1. The second-order valence-corrected chi connectivity index (χ2v) is 7.79. The van der Waals surface area contributed by atoms with Crippen LogP contribution in [-0.2, 0) is 6.54 Å². The van der Waals surface area contributed by atoms with E-state index in [2.05, 4.69) is 21.9 Å². The van der Waals surface area contributed by atoms with Crippen molar-refractivity contribution in [3.05, 3.63) is 57.6 Å². The van der Waals surface area contributed by atoms with E-state index >= 15 is 0 Å². The van der Waals surface area contributed by atoms with Crippen LogP contribution in [0.2, 0.25) is 0 Å². The van der Waals surface area contributed by atoms with Gasteiger partial charge in [-0.3, -0.25) is 9.78 Å². The molecular weight excluding hydrogens is 346 g/mol. The maximum absolute atomic E-state index is 12.3. The Morgan fingerprint density at radius 3 is 2.88 bits per heavy atom. The van der Waals surface area contributed by atoms with Crippen molar-refractivity contribution in [2.75, 3.05) is 11.4 Å². The number of pyridine rings is 1. The highest BCUT2D eigenvalue weighted by atomic mass is 32.1. The Balaban J connectivity index is 1.61. The van der Waals surface area contributed by atoms with Crippen LogP contribution in [0.1, 0.15) is 23.4 Å². The molecule has 1 aliphatic heterocycles. The highest BCUT2D eigenvalue weighted by molar-refractivity contribution is 7.15. The molecule has 1 saturated heterocycles. The van der Waals surface area contributed by atoms with E-state index in [9.17, 15) is 4.79 Å². The molecule has 7 heteroatoms. The molecule has 4 rings (SSSR count). The summed E-state index contributed by atoms with van der Waals surface area (Å²) < 4.78 is 1.58. The summed E-state index contributed by atoms with van der Waals surface area (Å²) in [6.07, 6.45) is 5.65. The molecule has 134 valence electrons. The lowest BCUT2D eigenvalue weighted by atomic mass is 10.2. The van der Waals surface area contributed by atoms with E-state index in [0.29, 0.717) is 6.54 Å². The van der Waals surface area contributed by atoms with Crippen LogP contribution in [0.3, 0.4) is 0 Å². The van der Waals surface area contributed by atoms with Gasteiger partial charge in [-0.1, -0.05) is 0 Å². The van der Waals surface area contributed by atoms with Crippen molar-refractivity contribution in [2.24, 2.45) is 0 Å². The molecule has 0 bridgehead atoms. The minimum Gasteiger partial charge on any atom is -0.343 e. The molecule has 26 heavy (non-hydrogen) atoms. The molecule has 6 nitrogen and oxygen atoms in total. The largest absolute Gasteiger partial charge is 0.343 e. The third kappa shape index (κ3) is 3.26. The van der Waals surface area contributed by atoms with Gasteiger partial charge in [0, 0.05) is 35.4 Å². The van der Waals surface area contributed by atoms with E-state index in [-0.39, 0.29) is 11.6 Å². The molecule has 4 heterocycles. The minimum atomic E-state index is -0.0732. The third-order valence-corrected chi connectivity index (χ3v) is 5.96. The summed E-state index contributed by atoms with van der Waals surface area (Å²) in [6, 6.07) is 7.42. The van der Waals surface area contributed by atoms with Gasteiger partial charge in [0.1, 0.15) is 0 Å². The van der Waals surface area contributed by atoms with Crippen LogP contribution >= 0.6 is 11.3 Å². The molecular formula is C19H21N5OS. The second-order valence-electron chi connectivity index (χ2n) is 6.61. The van der Waals surface area contributed by atoms with Gasteiger partial charge >= 0.3 is 0 Å². The third-order valence-electron chi connectivity index (χ3n) is 4.85. The van der Waals surface area contributed by atoms with Crippen molar-refractivity contribution in [2.45, 2.75) is 39.3 Å². The van der Waals surface area contributed by atoms with E-state index in [0.717, 1.165) is 41.5 Å². The van der Waals surface area contributed by atoms with Crippen molar-refractivity contribution >= 4 is 16.5 Å². The summed E-state index contributed by atoms with van der Waals surface area (Å²) in [7, 11) is 0. The fourth-order valence-corrected chi connectivity index (χ4v) is 4.31. The van der Waals surface area contributed by atoms with Crippen LogP contribution < -0.4 is 10.5 Å². The van der Waals surface area contributed by atoms with Crippen molar-refractivity contribution in [3.63, 3.8) is 0 Å². The Bertz CT molecular complexity index is 946. The Morgan fingerprint density at radius 1 is 1.27 bits per heavy atom. The quantitative estimate of drug-likeness (QED) is 0.709. The lowest BCUT2D eigenvalue weighted by molar-refractivity contribution is 0.490. The standard InChI is InChI=1S/C19H21N5OS/c1-13-14(2)26-19(21-13)23-10-4-6-16(23)12-24-18(25)8-7-17(22-24)15-5-3-9-20-11-15/h3,5,7-9,11,16H,4,6,10,12H2,1-2H3. The van der Waals surface area contributed by atoms with Crippen LogP contribution in [0, 0.1) is 13.8 Å². The van der Waals surface area contributed by atoms with E-state index < -0.39 is 0 Å². The van der Waals surface area contributed by atoms with E-state index in [1.165, 1.54) is 4.88 Å². The maximum atomic E-state index is 12.3. The van der Waals surface area contributed by atoms with Crippen molar-refractivity contribution < 1.29 is 0 Å². The number of hydrogen-bond donors (Lipinski definition) is 0. The monoisotopic (exact) mass is 367 g/mol. The molecule has 0 aliphatic carbocycles. The van der Waals surface area contributed by atoms with Gasteiger partial charge < -0.3 is 4.90 Å². The van der Waals surface area contributed by atoms with Gasteiger partial charge in [-0.05, 0) is 44.9 Å². The first-order chi connectivity index (χ1) is 12.6. The lowest BCUT2D eigenvalue weighted by Crippen LogP contribution is -2.37. The van der Waals surface area contributed by atoms with Gasteiger partial charge in [0.2, 0.25) is 0 Å². The number of aromatic nitrogens is 4. The van der Waals surface area contributed by atoms with Crippen LogP contribution in [-0.4, -0.2) is 32.3 Å². The molecule has 1 unspecified atom stereocenters. The van der Waals surface area contributed by atoms with Gasteiger partial charge in [-0.25, -0.2) is 9.67 Å². The molecule has 1 fully saturated rings. The van der Waals surface area contributed by atoms with Crippen molar-refractivity contribution in [1.82, 2.24) is 19.7 Å². The zero-order valence-corrected chi connectivity index (χ0v) is 15.7. The van der Waals surface area contributed by atoms with Crippen LogP contribution in [0.4, 0.5) is 5.13 Å². The summed E-state index contributed by atoms with van der Waals surface area (Å²) >= 11 is 1.73. The Morgan fingerprint density at radius 2 is 2.15 bits per heavy atom. The van der Waals surface area contributed by atoms with Gasteiger partial charge in [-0.15, -0.1) is 11.3 Å². The molecule has 0 spiro atoms. The lowest BCUT2D eigenvalue weighted by Gasteiger charge is -2.24. The summed E-state index contributed by atoms with van der Waals surface area (Å²) in [5.74, 6) is 0. The number of nitrogens with zero attached hydrogens (tertiary/aromatic N) is 5. The smallest absolute Gasteiger partial charge is 0.266 e. The molecule has 0 radical (unpaired) electrons. The predicted molar refractivity (Wildman–Crippen MR) is 104 cm³/mol. The van der Waals surface area contributed by atoms with Crippen LogP contribution in [0.5, 0.6) is 0 Å². The second kappa shape index (κ2) is 6.99. The molecule has 1 atom stereocenters. The molecule has 0 amide bonds. The molecule has 0 aromatic carbocycles. The minimum absolute atomic E-state index is 0.0732. The normalized spacial score (nSPS) is 17.0. The summed E-state index contributed by atoms with van der Waals surface area (Å²) in [6.45, 7) is 5.70. The van der Waals surface area contributed by atoms with Crippen molar-refractivity contribution in [1.29, 1.82) is 0 Å². The molecule has 0 N–H and O–H groups in total. The van der Waals surface area contributed by atoms with E-state index in [1.54, 1.807) is 40.5 Å². The van der Waals surface area contributed by atoms with Gasteiger partial charge in [-0.2, -0.15) is 5.10 Å². The summed E-state index contributed by atoms with van der Waals surface area (Å²) in [5.41, 5.74) is 2.69. The topological polar surface area (TPSA) is 63.9 Å². The molecule has 0 saturated carbocycles. The maximum Gasteiger partial charge on any atom is 0.266 e. The molecule has 3 aromatic heterocycles. The Hall–Kier alpha value is -2.54. The van der Waals surface area contributed by atoms with Gasteiger partial charge in [0.15, 0.2) is 5.13 Å². The first-order valence-electron chi connectivity index (χ1n) is 8.81. The van der Waals surface area contributed by atoms with Crippen LogP contribution in [0.15, 0.2) is 41.5 Å². The summed E-state index contributed by atoms with van der Waals surface area (Å²) in [4.78, 5) is 24.8. The summed E-state index contributed by atoms with van der Waals surface area (Å²) in [5, 5.41) is 5.63. The van der Waals surface area contributed by atoms with E-state index in [1.807, 2.05) is 19.1 Å². The van der Waals surface area contributed by atoms with Gasteiger partial charge in [0.05, 0.1) is 24.0 Å². The number of rotatable bonds is 4. The highest BCUT2D eigenvalue weighted by Crippen LogP contribution is 2.31. The fourth-order valence-electron chi connectivity index (χ4n) is 3.30. The first kappa shape index (κ1) is 16.9. The number of aryl methyl sites for hydroxylation is 2. The number of hydrogen-bond acceptors (Lipinski definition) is 6. The average molecular weight is 367 g/mol. The van der Waals surface area contributed by atoms with Crippen LogP contribution in [0.25, 0.3) is 11.3 Å². The molecule has 3 aromatic rings. The van der Waals surface area contributed by atoms with Gasteiger partial charge in [0.25, 0.3) is 5.56 Å². The highest BCUT2D eigenvalue weighted by Gasteiger charge is 2.28. The Labute approximate surface area is 156 Å². The number of thiazole rings is 1. The zero-order valence-electron chi connectivity index (χ0n) is 14.9. The Kier molecular flexibility index (Phi) is 4.55. The average Bonchev–Trinajstić information content (AvgIpc) is 3.24. The van der Waals surface area contributed by atoms with Crippen molar-refractivity contribution in [3.8, 4) is 11.3 Å². The molecule has 1 aliphatic rings.